The van der Waals surface area contributed by atoms with Crippen LogP contribution in [0, 0.1) is 0 Å². The van der Waals surface area contributed by atoms with Crippen molar-refractivity contribution >= 4 is 5.97 Å². The van der Waals surface area contributed by atoms with Crippen LogP contribution >= 0.6 is 0 Å². The highest BCUT2D eigenvalue weighted by Crippen LogP contribution is 2.17. The van der Waals surface area contributed by atoms with Gasteiger partial charge >= 0.3 is 5.97 Å². The van der Waals surface area contributed by atoms with Crippen molar-refractivity contribution in [2.45, 2.75) is 13.0 Å². The molecule has 1 aromatic rings. The van der Waals surface area contributed by atoms with E-state index in [1.54, 1.807) is 13.1 Å². The number of aromatic nitrogens is 1. The quantitative estimate of drug-likeness (QED) is 0.747. The summed E-state index contributed by atoms with van der Waals surface area (Å²) in [7, 11) is 0. The summed E-state index contributed by atoms with van der Waals surface area (Å²) in [5, 5.41) is 6.65. The minimum absolute atomic E-state index is 0.122. The van der Waals surface area contributed by atoms with Crippen molar-refractivity contribution in [3.63, 3.8) is 0 Å². The van der Waals surface area contributed by atoms with Gasteiger partial charge in [0.2, 0.25) is 0 Å². The zero-order valence-corrected chi connectivity index (χ0v) is 9.90. The summed E-state index contributed by atoms with van der Waals surface area (Å²) in [6.07, 6.45) is 1.62. The van der Waals surface area contributed by atoms with E-state index in [0.29, 0.717) is 12.3 Å². The second kappa shape index (κ2) is 5.75. The molecule has 1 aliphatic rings. The fourth-order valence-electron chi connectivity index (χ4n) is 1.94. The Kier molecular flexibility index (Phi) is 4.06. The van der Waals surface area contributed by atoms with Gasteiger partial charge in [-0.2, -0.15) is 0 Å². The number of esters is 1. The summed E-state index contributed by atoms with van der Waals surface area (Å²) >= 11 is 0. The van der Waals surface area contributed by atoms with Gasteiger partial charge < -0.3 is 15.4 Å². The molecule has 0 amide bonds. The van der Waals surface area contributed by atoms with Crippen LogP contribution in [-0.4, -0.2) is 37.2 Å². The molecular weight excluding hydrogens is 218 g/mol. The molecule has 92 valence electrons. The van der Waals surface area contributed by atoms with Gasteiger partial charge in [0.05, 0.1) is 6.61 Å². The minimum atomic E-state index is -0.351. The van der Waals surface area contributed by atoms with Crippen LogP contribution in [0.1, 0.15) is 29.0 Å². The molecule has 1 atom stereocenters. The number of hydrogen-bond acceptors (Lipinski definition) is 5. The SMILES string of the molecule is CCOC(=O)c1ncccc1C1CNCCN1. The molecule has 0 radical (unpaired) electrons. The van der Waals surface area contributed by atoms with Crippen LogP contribution in [0.15, 0.2) is 18.3 Å². The van der Waals surface area contributed by atoms with Crippen LogP contribution in [0.25, 0.3) is 0 Å². The Hall–Kier alpha value is -1.46. The van der Waals surface area contributed by atoms with E-state index in [0.717, 1.165) is 25.2 Å². The highest BCUT2D eigenvalue weighted by molar-refractivity contribution is 5.89. The molecular formula is C12H17N3O2. The van der Waals surface area contributed by atoms with E-state index in [-0.39, 0.29) is 12.0 Å². The van der Waals surface area contributed by atoms with Gasteiger partial charge in [0.15, 0.2) is 5.69 Å². The Bertz CT molecular complexity index is 389. The third-order valence-electron chi connectivity index (χ3n) is 2.72. The Morgan fingerprint density at radius 2 is 2.47 bits per heavy atom. The first kappa shape index (κ1) is 12.0. The Morgan fingerprint density at radius 3 is 3.18 bits per heavy atom. The molecule has 2 rings (SSSR count). The second-order valence-corrected chi connectivity index (χ2v) is 3.87. The molecule has 5 nitrogen and oxygen atoms in total. The monoisotopic (exact) mass is 235 g/mol. The number of nitrogens with one attached hydrogen (secondary N) is 2. The van der Waals surface area contributed by atoms with Gasteiger partial charge in [0, 0.05) is 37.4 Å². The first-order valence-electron chi connectivity index (χ1n) is 5.89. The van der Waals surface area contributed by atoms with Crippen LogP contribution in [0.2, 0.25) is 0 Å². The number of ether oxygens (including phenoxy) is 1. The van der Waals surface area contributed by atoms with Crippen LogP contribution in [0.5, 0.6) is 0 Å². The predicted octanol–water partition coefficient (Wildman–Crippen LogP) is 0.492. The van der Waals surface area contributed by atoms with Gasteiger partial charge in [-0.15, -0.1) is 0 Å². The van der Waals surface area contributed by atoms with Crippen molar-refractivity contribution in [3.05, 3.63) is 29.6 Å². The molecule has 0 saturated carbocycles. The summed E-state index contributed by atoms with van der Waals surface area (Å²) in [5.74, 6) is -0.351. The maximum Gasteiger partial charge on any atom is 0.357 e. The van der Waals surface area contributed by atoms with E-state index in [2.05, 4.69) is 15.6 Å². The van der Waals surface area contributed by atoms with Gasteiger partial charge in [-0.3, -0.25) is 0 Å². The molecule has 2 heterocycles. The summed E-state index contributed by atoms with van der Waals surface area (Å²) in [4.78, 5) is 15.9. The molecule has 17 heavy (non-hydrogen) atoms. The van der Waals surface area contributed by atoms with Crippen LogP contribution in [0.4, 0.5) is 0 Å². The molecule has 1 aromatic heterocycles. The molecule has 0 bridgehead atoms. The third-order valence-corrected chi connectivity index (χ3v) is 2.72. The number of hydrogen-bond donors (Lipinski definition) is 2. The zero-order chi connectivity index (χ0) is 12.1. The highest BCUT2D eigenvalue weighted by atomic mass is 16.5. The molecule has 0 aliphatic carbocycles. The molecule has 5 heteroatoms. The number of carbonyl (C=O) groups excluding carboxylic acids is 1. The fourth-order valence-corrected chi connectivity index (χ4v) is 1.94. The molecule has 0 aromatic carbocycles. The van der Waals surface area contributed by atoms with Gasteiger partial charge in [-0.05, 0) is 13.0 Å². The van der Waals surface area contributed by atoms with Crippen LogP contribution < -0.4 is 10.6 Å². The average molecular weight is 235 g/mol. The Balaban J connectivity index is 2.23. The van der Waals surface area contributed by atoms with E-state index < -0.39 is 0 Å². The lowest BCUT2D eigenvalue weighted by Crippen LogP contribution is -2.43. The summed E-state index contributed by atoms with van der Waals surface area (Å²) in [6.45, 7) is 4.80. The van der Waals surface area contributed by atoms with Gasteiger partial charge in [-0.1, -0.05) is 6.07 Å². The maximum absolute atomic E-state index is 11.8. The highest BCUT2D eigenvalue weighted by Gasteiger charge is 2.22. The average Bonchev–Trinajstić information content (AvgIpc) is 2.40. The standard InChI is InChI=1S/C12H17N3O2/c1-2-17-12(16)11-9(4-3-5-15-11)10-8-13-6-7-14-10/h3-5,10,13-14H,2,6-8H2,1H3. The van der Waals surface area contributed by atoms with Crippen molar-refractivity contribution < 1.29 is 9.53 Å². The first-order valence-corrected chi connectivity index (χ1v) is 5.89. The summed E-state index contributed by atoms with van der Waals surface area (Å²) < 4.78 is 5.01. The number of carbonyl (C=O) groups is 1. The Labute approximate surface area is 101 Å². The summed E-state index contributed by atoms with van der Waals surface area (Å²) in [5.41, 5.74) is 1.31. The van der Waals surface area contributed by atoms with Crippen molar-refractivity contribution in [1.29, 1.82) is 0 Å². The largest absolute Gasteiger partial charge is 0.461 e. The van der Waals surface area contributed by atoms with E-state index >= 15 is 0 Å². The zero-order valence-electron chi connectivity index (χ0n) is 9.90. The lowest BCUT2D eigenvalue weighted by Gasteiger charge is -2.25. The molecule has 1 fully saturated rings. The van der Waals surface area contributed by atoms with E-state index in [4.69, 9.17) is 4.74 Å². The molecule has 1 saturated heterocycles. The molecule has 0 spiro atoms. The molecule has 2 N–H and O–H groups in total. The number of pyridine rings is 1. The third kappa shape index (κ3) is 2.81. The van der Waals surface area contributed by atoms with E-state index in [9.17, 15) is 4.79 Å². The summed E-state index contributed by atoms with van der Waals surface area (Å²) in [6, 6.07) is 3.88. The lowest BCUT2D eigenvalue weighted by atomic mass is 10.0. The number of rotatable bonds is 3. The molecule has 1 unspecified atom stereocenters. The topological polar surface area (TPSA) is 63.2 Å². The van der Waals surface area contributed by atoms with Crippen molar-refractivity contribution in [3.8, 4) is 0 Å². The Morgan fingerprint density at radius 1 is 1.59 bits per heavy atom. The normalized spacial score (nSPS) is 19.9. The fraction of sp³-hybridized carbons (Fsp3) is 0.500. The van der Waals surface area contributed by atoms with Gasteiger partial charge in [0.25, 0.3) is 0 Å². The van der Waals surface area contributed by atoms with Crippen molar-refractivity contribution in [2.75, 3.05) is 26.2 Å². The second-order valence-electron chi connectivity index (χ2n) is 3.87. The smallest absolute Gasteiger partial charge is 0.357 e. The lowest BCUT2D eigenvalue weighted by molar-refractivity contribution is 0.0517. The molecule has 1 aliphatic heterocycles. The number of nitrogens with zero attached hydrogens (tertiary/aromatic N) is 1. The predicted molar refractivity (Wildman–Crippen MR) is 63.8 cm³/mol. The van der Waals surface area contributed by atoms with Gasteiger partial charge in [-0.25, -0.2) is 9.78 Å². The van der Waals surface area contributed by atoms with Crippen LogP contribution in [-0.2, 0) is 4.74 Å². The van der Waals surface area contributed by atoms with E-state index in [1.807, 2.05) is 12.1 Å². The minimum Gasteiger partial charge on any atom is -0.461 e. The van der Waals surface area contributed by atoms with Crippen molar-refractivity contribution in [1.82, 2.24) is 15.6 Å². The first-order chi connectivity index (χ1) is 8.33. The maximum atomic E-state index is 11.8. The number of piperazine rings is 1. The van der Waals surface area contributed by atoms with Crippen LogP contribution in [0.3, 0.4) is 0 Å². The van der Waals surface area contributed by atoms with E-state index in [1.165, 1.54) is 0 Å². The van der Waals surface area contributed by atoms with Gasteiger partial charge in [0.1, 0.15) is 0 Å². The van der Waals surface area contributed by atoms with Crippen molar-refractivity contribution in [2.24, 2.45) is 0 Å².